The van der Waals surface area contributed by atoms with Gasteiger partial charge in [0.2, 0.25) is 0 Å². The van der Waals surface area contributed by atoms with Gasteiger partial charge in [-0.05, 0) is 37.0 Å². The molecule has 2 unspecified atom stereocenters. The van der Waals surface area contributed by atoms with Crippen LogP contribution in [0, 0.1) is 11.7 Å². The Morgan fingerprint density at radius 1 is 1.24 bits per heavy atom. The van der Waals surface area contributed by atoms with Crippen molar-refractivity contribution in [3.05, 3.63) is 29.6 Å². The molecule has 1 saturated carbocycles. The van der Waals surface area contributed by atoms with Gasteiger partial charge in [-0.1, -0.05) is 19.3 Å². The molecule has 0 radical (unpaired) electrons. The Bertz CT molecular complexity index is 450. The predicted molar refractivity (Wildman–Crippen MR) is 80.4 cm³/mol. The summed E-state index contributed by atoms with van der Waals surface area (Å²) in [5.41, 5.74) is 3.50. The Hall–Kier alpha value is -1.17. The molecule has 1 aliphatic rings. The SMILES string of the molecule is COc1ccc(F)cc1C(NN)C(OC)C1CCCCC1. The van der Waals surface area contributed by atoms with Crippen LogP contribution in [0.1, 0.15) is 43.7 Å². The lowest BCUT2D eigenvalue weighted by molar-refractivity contribution is 0.00689. The Morgan fingerprint density at radius 2 is 1.95 bits per heavy atom. The van der Waals surface area contributed by atoms with Gasteiger partial charge in [-0.15, -0.1) is 0 Å². The number of hydrazine groups is 1. The van der Waals surface area contributed by atoms with Crippen LogP contribution in [-0.2, 0) is 4.74 Å². The molecular weight excluding hydrogens is 271 g/mol. The fraction of sp³-hybridized carbons (Fsp3) is 0.625. The normalized spacial score (nSPS) is 19.2. The fourth-order valence-electron chi connectivity index (χ4n) is 3.37. The summed E-state index contributed by atoms with van der Waals surface area (Å²) in [7, 11) is 3.27. The van der Waals surface area contributed by atoms with Crippen LogP contribution < -0.4 is 16.0 Å². The molecule has 2 rings (SSSR count). The van der Waals surface area contributed by atoms with Crippen molar-refractivity contribution in [2.45, 2.75) is 44.2 Å². The maximum Gasteiger partial charge on any atom is 0.123 e. The minimum atomic E-state index is -0.301. The van der Waals surface area contributed by atoms with Crippen molar-refractivity contribution >= 4 is 0 Å². The van der Waals surface area contributed by atoms with Crippen LogP contribution >= 0.6 is 0 Å². The molecule has 2 atom stereocenters. The number of nitrogens with two attached hydrogens (primary N) is 1. The average Bonchev–Trinajstić information content (AvgIpc) is 2.53. The molecular formula is C16H25FN2O2. The van der Waals surface area contributed by atoms with Gasteiger partial charge < -0.3 is 9.47 Å². The first-order chi connectivity index (χ1) is 10.2. The zero-order valence-corrected chi connectivity index (χ0v) is 12.8. The van der Waals surface area contributed by atoms with E-state index in [-0.39, 0.29) is 18.0 Å². The monoisotopic (exact) mass is 296 g/mol. The Labute approximate surface area is 125 Å². The van der Waals surface area contributed by atoms with Gasteiger partial charge in [0, 0.05) is 12.7 Å². The third-order valence-electron chi connectivity index (χ3n) is 4.42. The largest absolute Gasteiger partial charge is 0.496 e. The average molecular weight is 296 g/mol. The molecule has 1 aliphatic carbocycles. The molecule has 3 N–H and O–H groups in total. The van der Waals surface area contributed by atoms with Crippen molar-refractivity contribution in [2.24, 2.45) is 11.8 Å². The van der Waals surface area contributed by atoms with Gasteiger partial charge in [0.1, 0.15) is 11.6 Å². The molecule has 0 heterocycles. The first-order valence-electron chi connectivity index (χ1n) is 7.53. The van der Waals surface area contributed by atoms with E-state index >= 15 is 0 Å². The molecule has 0 saturated heterocycles. The second-order valence-electron chi connectivity index (χ2n) is 5.63. The van der Waals surface area contributed by atoms with E-state index < -0.39 is 0 Å². The summed E-state index contributed by atoms with van der Waals surface area (Å²) in [6, 6.07) is 4.20. The number of methoxy groups -OCH3 is 2. The number of benzene rings is 1. The molecule has 0 aliphatic heterocycles. The van der Waals surface area contributed by atoms with Crippen LogP contribution in [0.3, 0.4) is 0 Å². The predicted octanol–water partition coefficient (Wildman–Crippen LogP) is 2.93. The van der Waals surface area contributed by atoms with Gasteiger partial charge in [0.15, 0.2) is 0 Å². The lowest BCUT2D eigenvalue weighted by atomic mass is 9.81. The summed E-state index contributed by atoms with van der Waals surface area (Å²) in [5, 5.41) is 0. The number of hydrogen-bond donors (Lipinski definition) is 2. The summed E-state index contributed by atoms with van der Waals surface area (Å²) in [5.74, 6) is 6.50. The Morgan fingerprint density at radius 3 is 2.52 bits per heavy atom. The molecule has 0 spiro atoms. The Balaban J connectivity index is 2.29. The molecule has 4 nitrogen and oxygen atoms in total. The zero-order valence-electron chi connectivity index (χ0n) is 12.8. The van der Waals surface area contributed by atoms with Crippen LogP contribution in [0.5, 0.6) is 5.75 Å². The zero-order chi connectivity index (χ0) is 15.2. The molecule has 21 heavy (non-hydrogen) atoms. The topological polar surface area (TPSA) is 56.5 Å². The standard InChI is InChI=1S/C16H25FN2O2/c1-20-14-9-8-12(17)10-13(14)15(19-18)16(21-2)11-6-4-3-5-7-11/h8-11,15-16,19H,3-7,18H2,1-2H3. The van der Waals surface area contributed by atoms with Crippen molar-refractivity contribution < 1.29 is 13.9 Å². The van der Waals surface area contributed by atoms with E-state index in [0.29, 0.717) is 17.2 Å². The highest BCUT2D eigenvalue weighted by Gasteiger charge is 2.32. The molecule has 1 aromatic rings. The maximum atomic E-state index is 13.6. The summed E-state index contributed by atoms with van der Waals surface area (Å²) >= 11 is 0. The van der Waals surface area contributed by atoms with E-state index in [1.54, 1.807) is 20.3 Å². The molecule has 5 heteroatoms. The van der Waals surface area contributed by atoms with Crippen molar-refractivity contribution in [3.8, 4) is 5.75 Å². The summed E-state index contributed by atoms with van der Waals surface area (Å²) in [6.45, 7) is 0. The number of rotatable bonds is 6. The van der Waals surface area contributed by atoms with Gasteiger partial charge in [-0.2, -0.15) is 0 Å². The van der Waals surface area contributed by atoms with E-state index in [0.717, 1.165) is 12.8 Å². The van der Waals surface area contributed by atoms with E-state index in [9.17, 15) is 4.39 Å². The van der Waals surface area contributed by atoms with Crippen molar-refractivity contribution in [3.63, 3.8) is 0 Å². The second-order valence-corrected chi connectivity index (χ2v) is 5.63. The van der Waals surface area contributed by atoms with Crippen molar-refractivity contribution in [1.82, 2.24) is 5.43 Å². The third kappa shape index (κ3) is 3.73. The van der Waals surface area contributed by atoms with Crippen LogP contribution in [0.15, 0.2) is 18.2 Å². The lowest BCUT2D eigenvalue weighted by Crippen LogP contribution is -2.42. The second kappa shape index (κ2) is 7.73. The molecule has 0 aromatic heterocycles. The molecule has 0 bridgehead atoms. The Kier molecular flexibility index (Phi) is 5.96. The number of ether oxygens (including phenoxy) is 2. The first-order valence-corrected chi connectivity index (χ1v) is 7.53. The van der Waals surface area contributed by atoms with E-state index in [2.05, 4.69) is 5.43 Å². The summed E-state index contributed by atoms with van der Waals surface area (Å²) in [6.07, 6.45) is 5.84. The van der Waals surface area contributed by atoms with Gasteiger partial charge in [0.05, 0.1) is 19.3 Å². The molecule has 118 valence electrons. The maximum absolute atomic E-state index is 13.6. The van der Waals surface area contributed by atoms with Crippen LogP contribution in [0.4, 0.5) is 4.39 Å². The van der Waals surface area contributed by atoms with E-state index in [1.165, 1.54) is 31.4 Å². The quantitative estimate of drug-likeness (QED) is 0.626. The van der Waals surface area contributed by atoms with E-state index in [1.807, 2.05) is 0 Å². The highest BCUT2D eigenvalue weighted by Crippen LogP contribution is 2.36. The van der Waals surface area contributed by atoms with E-state index in [4.69, 9.17) is 15.3 Å². The van der Waals surface area contributed by atoms with Crippen molar-refractivity contribution in [1.29, 1.82) is 0 Å². The number of halogens is 1. The molecule has 1 aromatic carbocycles. The highest BCUT2D eigenvalue weighted by molar-refractivity contribution is 5.37. The molecule has 0 amide bonds. The molecule has 1 fully saturated rings. The summed E-state index contributed by atoms with van der Waals surface area (Å²) < 4.78 is 24.7. The minimum Gasteiger partial charge on any atom is -0.496 e. The fourth-order valence-corrected chi connectivity index (χ4v) is 3.37. The lowest BCUT2D eigenvalue weighted by Gasteiger charge is -2.35. The van der Waals surface area contributed by atoms with Crippen LogP contribution in [-0.4, -0.2) is 20.3 Å². The van der Waals surface area contributed by atoms with Gasteiger partial charge >= 0.3 is 0 Å². The van der Waals surface area contributed by atoms with Crippen molar-refractivity contribution in [2.75, 3.05) is 14.2 Å². The number of nitrogens with one attached hydrogen (secondary N) is 1. The number of hydrogen-bond acceptors (Lipinski definition) is 4. The van der Waals surface area contributed by atoms with Gasteiger partial charge in [0.25, 0.3) is 0 Å². The first kappa shape index (κ1) is 16.2. The van der Waals surface area contributed by atoms with Crippen LogP contribution in [0.25, 0.3) is 0 Å². The minimum absolute atomic E-state index is 0.0917. The third-order valence-corrected chi connectivity index (χ3v) is 4.42. The summed E-state index contributed by atoms with van der Waals surface area (Å²) in [4.78, 5) is 0. The van der Waals surface area contributed by atoms with Gasteiger partial charge in [-0.3, -0.25) is 11.3 Å². The highest BCUT2D eigenvalue weighted by atomic mass is 19.1. The van der Waals surface area contributed by atoms with Crippen LogP contribution in [0.2, 0.25) is 0 Å². The van der Waals surface area contributed by atoms with Gasteiger partial charge in [-0.25, -0.2) is 4.39 Å². The smallest absolute Gasteiger partial charge is 0.123 e.